The van der Waals surface area contributed by atoms with Gasteiger partial charge < -0.3 is 21.4 Å². The summed E-state index contributed by atoms with van der Waals surface area (Å²) in [6.45, 7) is 1.81. The molecule has 0 fully saturated rings. The number of hydrogen-bond donors (Lipinski definition) is 4. The van der Waals surface area contributed by atoms with Crippen LogP contribution in [-0.2, 0) is 4.79 Å². The summed E-state index contributed by atoms with van der Waals surface area (Å²) in [5.74, 6) is -1.23. The predicted molar refractivity (Wildman–Crippen MR) is 65.5 cm³/mol. The van der Waals surface area contributed by atoms with E-state index in [9.17, 15) is 9.59 Å². The number of amides is 2. The van der Waals surface area contributed by atoms with Crippen LogP contribution in [0.3, 0.4) is 0 Å². The summed E-state index contributed by atoms with van der Waals surface area (Å²) in [6, 6.07) is -1.71. The lowest BCUT2D eigenvalue weighted by molar-refractivity contribution is -0.141. The van der Waals surface area contributed by atoms with Gasteiger partial charge in [0.15, 0.2) is 0 Å². The molecular formula is C10H20N4O4. The Labute approximate surface area is 105 Å². The highest BCUT2D eigenvalue weighted by atomic mass is 16.4. The third kappa shape index (κ3) is 4.58. The summed E-state index contributed by atoms with van der Waals surface area (Å²) in [7, 11) is 1.37. The van der Waals surface area contributed by atoms with E-state index >= 15 is 0 Å². The molecule has 18 heavy (non-hydrogen) atoms. The normalized spacial score (nSPS) is 12.9. The molecular weight excluding hydrogens is 240 g/mol. The minimum Gasteiger partial charge on any atom is -0.480 e. The molecule has 0 aromatic carbocycles. The molecule has 0 bridgehead atoms. The molecule has 8 nitrogen and oxygen atoms in total. The second kappa shape index (κ2) is 8.29. The molecule has 0 spiro atoms. The Morgan fingerprint density at radius 3 is 2.44 bits per heavy atom. The first-order valence-electron chi connectivity index (χ1n) is 5.62. The smallest absolute Gasteiger partial charge is 0.326 e. The number of unbranched alkanes of at least 4 members (excludes halogenated alkanes) is 1. The fourth-order valence-corrected chi connectivity index (χ4v) is 1.53. The summed E-state index contributed by atoms with van der Waals surface area (Å²) in [6.07, 6.45) is 1.48. The van der Waals surface area contributed by atoms with Gasteiger partial charge in [0.1, 0.15) is 11.9 Å². The number of amidine groups is 1. The van der Waals surface area contributed by atoms with Crippen LogP contribution >= 0.6 is 0 Å². The van der Waals surface area contributed by atoms with Gasteiger partial charge in [-0.3, -0.25) is 4.90 Å². The van der Waals surface area contributed by atoms with E-state index in [1.54, 1.807) is 0 Å². The van der Waals surface area contributed by atoms with E-state index in [-0.39, 0.29) is 12.3 Å². The number of nitrogens with one attached hydrogen (secondary N) is 1. The van der Waals surface area contributed by atoms with E-state index in [0.29, 0.717) is 19.4 Å². The fourth-order valence-electron chi connectivity index (χ4n) is 1.53. The van der Waals surface area contributed by atoms with Crippen molar-refractivity contribution in [2.24, 2.45) is 10.9 Å². The number of carbonyl (C=O) groups excluding carboxylic acids is 1. The maximum atomic E-state index is 11.6. The lowest BCUT2D eigenvalue weighted by atomic mass is 10.1. The number of urea groups is 1. The van der Waals surface area contributed by atoms with Crippen LogP contribution in [0.5, 0.6) is 0 Å². The molecule has 8 heteroatoms. The van der Waals surface area contributed by atoms with Crippen LogP contribution in [0.1, 0.15) is 26.2 Å². The molecule has 0 radical (unpaired) electrons. The zero-order chi connectivity index (χ0) is 14.1. The van der Waals surface area contributed by atoms with Gasteiger partial charge in [0.25, 0.3) is 0 Å². The Hall–Kier alpha value is -1.83. The first-order chi connectivity index (χ1) is 8.49. The van der Waals surface area contributed by atoms with Gasteiger partial charge in [0.2, 0.25) is 0 Å². The van der Waals surface area contributed by atoms with Crippen molar-refractivity contribution in [3.8, 4) is 0 Å². The number of aliphatic carboxylic acids is 1. The van der Waals surface area contributed by atoms with Crippen molar-refractivity contribution in [3.05, 3.63) is 0 Å². The number of rotatable bonds is 6. The predicted octanol–water partition coefficient (Wildman–Crippen LogP) is 0.0176. The summed E-state index contributed by atoms with van der Waals surface area (Å²) in [5.41, 5.74) is 5.33. The molecule has 2 amide bonds. The van der Waals surface area contributed by atoms with Gasteiger partial charge in [-0.1, -0.05) is 5.16 Å². The van der Waals surface area contributed by atoms with Crippen molar-refractivity contribution in [1.29, 1.82) is 0 Å². The Bertz CT molecular complexity index is 319. The first-order valence-corrected chi connectivity index (χ1v) is 5.62. The number of nitrogens with two attached hydrogens (primary N) is 1. The van der Waals surface area contributed by atoms with Crippen molar-refractivity contribution in [3.63, 3.8) is 0 Å². The summed E-state index contributed by atoms with van der Waals surface area (Å²) in [4.78, 5) is 23.7. The van der Waals surface area contributed by atoms with E-state index in [1.165, 1.54) is 14.0 Å². The third-order valence-corrected chi connectivity index (χ3v) is 2.45. The molecule has 0 saturated heterocycles. The highest BCUT2D eigenvalue weighted by molar-refractivity contribution is 5.99. The van der Waals surface area contributed by atoms with Crippen molar-refractivity contribution in [2.75, 3.05) is 13.6 Å². The van der Waals surface area contributed by atoms with Gasteiger partial charge in [-0.15, -0.1) is 0 Å². The molecule has 0 aliphatic heterocycles. The zero-order valence-electron chi connectivity index (χ0n) is 10.6. The molecule has 5 N–H and O–H groups in total. The maximum absolute atomic E-state index is 11.6. The van der Waals surface area contributed by atoms with Gasteiger partial charge in [-0.05, 0) is 32.7 Å². The topological polar surface area (TPSA) is 128 Å². The number of carbonyl (C=O) groups is 2. The maximum Gasteiger partial charge on any atom is 0.326 e. The van der Waals surface area contributed by atoms with Crippen LogP contribution in [-0.4, -0.2) is 52.7 Å². The average Bonchev–Trinajstić information content (AvgIpc) is 2.36. The van der Waals surface area contributed by atoms with Crippen LogP contribution in [0.25, 0.3) is 0 Å². The number of nitrogens with zero attached hydrogens (tertiary/aromatic N) is 2. The average molecular weight is 260 g/mol. The summed E-state index contributed by atoms with van der Waals surface area (Å²) >= 11 is 0. The van der Waals surface area contributed by atoms with Crippen LogP contribution in [0, 0.1) is 0 Å². The molecule has 0 heterocycles. The monoisotopic (exact) mass is 260 g/mol. The minimum absolute atomic E-state index is 0.0745. The van der Waals surface area contributed by atoms with Gasteiger partial charge >= 0.3 is 12.0 Å². The van der Waals surface area contributed by atoms with Gasteiger partial charge in [0.05, 0.1) is 0 Å². The standard InChI is InChI=1S/C10H20N4O4/c1-7(13-18)14(10(17)12-2)8(9(15)16)5-3-4-6-11/h8,18H,3-6,11H2,1-2H3,(H,12,17)(H,15,16)/b13-7+/t8-/m0/s1. The van der Waals surface area contributed by atoms with Gasteiger partial charge in [-0.2, -0.15) is 0 Å². The van der Waals surface area contributed by atoms with E-state index in [1.807, 2.05) is 0 Å². The Balaban J connectivity index is 4.98. The molecule has 0 saturated carbocycles. The lowest BCUT2D eigenvalue weighted by Gasteiger charge is -2.27. The van der Waals surface area contributed by atoms with Crippen LogP contribution in [0.2, 0.25) is 0 Å². The summed E-state index contributed by atoms with van der Waals surface area (Å²) in [5, 5.41) is 23.0. The van der Waals surface area contributed by atoms with Crippen LogP contribution in [0.15, 0.2) is 5.16 Å². The number of oxime groups is 1. The molecule has 0 rings (SSSR count). The van der Waals surface area contributed by atoms with E-state index < -0.39 is 18.0 Å². The minimum atomic E-state index is -1.15. The molecule has 1 atom stereocenters. The Kier molecular flexibility index (Phi) is 7.45. The van der Waals surface area contributed by atoms with Crippen molar-refractivity contribution < 1.29 is 19.9 Å². The second-order valence-corrected chi connectivity index (χ2v) is 3.71. The summed E-state index contributed by atoms with van der Waals surface area (Å²) < 4.78 is 0. The molecule has 0 aliphatic rings. The van der Waals surface area contributed by atoms with E-state index in [4.69, 9.17) is 16.0 Å². The molecule has 0 aromatic heterocycles. The molecule has 0 unspecified atom stereocenters. The number of hydrogen-bond acceptors (Lipinski definition) is 5. The highest BCUT2D eigenvalue weighted by Crippen LogP contribution is 2.11. The quantitative estimate of drug-likeness (QED) is 0.176. The van der Waals surface area contributed by atoms with Crippen LogP contribution < -0.4 is 11.1 Å². The Morgan fingerprint density at radius 2 is 2.06 bits per heavy atom. The lowest BCUT2D eigenvalue weighted by Crippen LogP contribution is -2.51. The second-order valence-electron chi connectivity index (χ2n) is 3.71. The first kappa shape index (κ1) is 16.2. The van der Waals surface area contributed by atoms with Crippen molar-refractivity contribution in [1.82, 2.24) is 10.2 Å². The largest absolute Gasteiger partial charge is 0.480 e. The van der Waals surface area contributed by atoms with E-state index in [2.05, 4.69) is 10.5 Å². The SMILES string of the molecule is CNC(=O)N(/C(C)=N/O)[C@@H](CCCCN)C(=O)O. The molecule has 0 aromatic rings. The third-order valence-electron chi connectivity index (χ3n) is 2.45. The zero-order valence-corrected chi connectivity index (χ0v) is 10.6. The van der Waals surface area contributed by atoms with E-state index in [0.717, 1.165) is 4.90 Å². The molecule has 104 valence electrons. The number of carboxylic acid groups (broad SMARTS) is 1. The molecule has 0 aliphatic carbocycles. The van der Waals surface area contributed by atoms with Crippen molar-refractivity contribution in [2.45, 2.75) is 32.2 Å². The fraction of sp³-hybridized carbons (Fsp3) is 0.700. The van der Waals surface area contributed by atoms with Crippen molar-refractivity contribution >= 4 is 17.8 Å². The highest BCUT2D eigenvalue weighted by Gasteiger charge is 2.31. The van der Waals surface area contributed by atoms with Gasteiger partial charge in [0, 0.05) is 7.05 Å². The van der Waals surface area contributed by atoms with Crippen LogP contribution in [0.4, 0.5) is 4.79 Å². The van der Waals surface area contributed by atoms with Gasteiger partial charge in [-0.25, -0.2) is 9.59 Å². The number of carboxylic acids is 1. The Morgan fingerprint density at radius 1 is 1.44 bits per heavy atom.